The molecule has 28 heavy (non-hydrogen) atoms. The lowest BCUT2D eigenvalue weighted by Gasteiger charge is -2.12. The molecule has 1 heterocycles. The van der Waals surface area contributed by atoms with Crippen LogP contribution in [0, 0.1) is 0 Å². The molecule has 142 valence electrons. The first-order valence-corrected chi connectivity index (χ1v) is 9.63. The molecule has 0 aliphatic rings. The first-order valence-electron chi connectivity index (χ1n) is 9.26. The number of rotatable bonds is 7. The van der Waals surface area contributed by atoms with Gasteiger partial charge in [0.1, 0.15) is 11.6 Å². The highest BCUT2D eigenvalue weighted by Crippen LogP contribution is 2.22. The van der Waals surface area contributed by atoms with E-state index in [0.717, 1.165) is 39.7 Å². The van der Waals surface area contributed by atoms with Crippen LogP contribution in [0.15, 0.2) is 72.8 Å². The molecule has 0 fully saturated rings. The molecule has 0 saturated heterocycles. The van der Waals surface area contributed by atoms with E-state index in [9.17, 15) is 0 Å². The average molecular weight is 392 g/mol. The van der Waals surface area contributed by atoms with Gasteiger partial charge >= 0.3 is 0 Å². The van der Waals surface area contributed by atoms with Crippen LogP contribution < -0.4 is 10.1 Å². The maximum Gasteiger partial charge on any atom is 0.124 e. The topological polar surface area (TPSA) is 39.1 Å². The zero-order valence-electron chi connectivity index (χ0n) is 15.7. The minimum absolute atomic E-state index is 0.650. The van der Waals surface area contributed by atoms with Gasteiger partial charge in [0, 0.05) is 23.7 Å². The van der Waals surface area contributed by atoms with E-state index < -0.39 is 0 Å². The molecule has 0 aliphatic heterocycles. The Morgan fingerprint density at radius 1 is 0.964 bits per heavy atom. The standard InChI is InChI=1S/C23H22ClN3O/c1-28-22-10-6-5-9-18(22)14-25-15-23-26-20-12-11-19(24)13-21(20)27(23)16-17-7-3-2-4-8-17/h2-13,25H,14-16H2,1H3. The molecule has 4 rings (SSSR count). The van der Waals surface area contributed by atoms with Crippen molar-refractivity contribution in [2.45, 2.75) is 19.6 Å². The molecular formula is C23H22ClN3O. The number of para-hydroxylation sites is 1. The smallest absolute Gasteiger partial charge is 0.124 e. The molecule has 1 N–H and O–H groups in total. The summed E-state index contributed by atoms with van der Waals surface area (Å²) in [6.45, 7) is 2.11. The zero-order chi connectivity index (χ0) is 19.3. The van der Waals surface area contributed by atoms with Gasteiger partial charge in [0.15, 0.2) is 0 Å². The van der Waals surface area contributed by atoms with E-state index in [-0.39, 0.29) is 0 Å². The highest BCUT2D eigenvalue weighted by Gasteiger charge is 2.12. The van der Waals surface area contributed by atoms with Crippen molar-refractivity contribution in [2.75, 3.05) is 7.11 Å². The van der Waals surface area contributed by atoms with E-state index in [1.54, 1.807) is 7.11 Å². The van der Waals surface area contributed by atoms with Gasteiger partial charge in [-0.15, -0.1) is 0 Å². The molecule has 0 amide bonds. The quantitative estimate of drug-likeness (QED) is 0.480. The Labute approximate surface area is 169 Å². The van der Waals surface area contributed by atoms with Crippen molar-refractivity contribution in [1.82, 2.24) is 14.9 Å². The van der Waals surface area contributed by atoms with Crippen molar-refractivity contribution in [3.05, 3.63) is 94.8 Å². The van der Waals surface area contributed by atoms with E-state index in [2.05, 4.69) is 40.2 Å². The van der Waals surface area contributed by atoms with E-state index in [4.69, 9.17) is 21.3 Å². The molecule has 4 nitrogen and oxygen atoms in total. The molecule has 1 aromatic heterocycles. The lowest BCUT2D eigenvalue weighted by molar-refractivity contribution is 0.407. The minimum atomic E-state index is 0.650. The van der Waals surface area contributed by atoms with E-state index >= 15 is 0 Å². The molecular weight excluding hydrogens is 370 g/mol. The average Bonchev–Trinajstić information content (AvgIpc) is 3.06. The van der Waals surface area contributed by atoms with Crippen molar-refractivity contribution < 1.29 is 4.74 Å². The third kappa shape index (κ3) is 4.03. The highest BCUT2D eigenvalue weighted by molar-refractivity contribution is 6.31. The summed E-state index contributed by atoms with van der Waals surface area (Å²) in [6.07, 6.45) is 0. The van der Waals surface area contributed by atoms with Crippen molar-refractivity contribution in [3.63, 3.8) is 0 Å². The number of benzene rings is 3. The van der Waals surface area contributed by atoms with E-state index in [1.165, 1.54) is 5.56 Å². The van der Waals surface area contributed by atoms with Crippen molar-refractivity contribution in [2.24, 2.45) is 0 Å². The van der Waals surface area contributed by atoms with Crippen LogP contribution in [0.2, 0.25) is 5.02 Å². The van der Waals surface area contributed by atoms with Gasteiger partial charge in [0.05, 0.1) is 24.7 Å². The van der Waals surface area contributed by atoms with Gasteiger partial charge in [-0.05, 0) is 29.8 Å². The van der Waals surface area contributed by atoms with Crippen LogP contribution in [0.4, 0.5) is 0 Å². The zero-order valence-corrected chi connectivity index (χ0v) is 16.5. The number of hydrogen-bond donors (Lipinski definition) is 1. The van der Waals surface area contributed by atoms with Crippen LogP contribution in [0.25, 0.3) is 11.0 Å². The molecule has 0 aliphatic carbocycles. The summed E-state index contributed by atoms with van der Waals surface area (Å²) in [7, 11) is 1.70. The molecule has 0 unspecified atom stereocenters. The number of nitrogens with one attached hydrogen (secondary N) is 1. The lowest BCUT2D eigenvalue weighted by Crippen LogP contribution is -2.17. The fraction of sp³-hybridized carbons (Fsp3) is 0.174. The largest absolute Gasteiger partial charge is 0.496 e. The van der Waals surface area contributed by atoms with Crippen LogP contribution >= 0.6 is 11.6 Å². The van der Waals surface area contributed by atoms with Crippen molar-refractivity contribution in [3.8, 4) is 5.75 Å². The molecule has 0 radical (unpaired) electrons. The number of halogens is 1. The van der Waals surface area contributed by atoms with Crippen LogP contribution in [0.1, 0.15) is 17.0 Å². The fourth-order valence-corrected chi connectivity index (χ4v) is 3.55. The first-order chi connectivity index (χ1) is 13.7. The summed E-state index contributed by atoms with van der Waals surface area (Å²) >= 11 is 6.25. The molecule has 5 heteroatoms. The second kappa shape index (κ2) is 8.46. The molecule has 0 bridgehead atoms. The summed E-state index contributed by atoms with van der Waals surface area (Å²) in [5.41, 5.74) is 4.35. The Hall–Kier alpha value is -2.82. The Morgan fingerprint density at radius 3 is 2.57 bits per heavy atom. The first kappa shape index (κ1) is 18.5. The molecule has 3 aromatic carbocycles. The third-order valence-electron chi connectivity index (χ3n) is 4.76. The van der Waals surface area contributed by atoms with Gasteiger partial charge in [-0.25, -0.2) is 4.98 Å². The molecule has 4 aromatic rings. The maximum atomic E-state index is 6.25. The Kier molecular flexibility index (Phi) is 5.60. The van der Waals surface area contributed by atoms with Crippen LogP contribution in [-0.4, -0.2) is 16.7 Å². The number of fused-ring (bicyclic) bond motifs is 1. The number of hydrogen-bond acceptors (Lipinski definition) is 3. The van der Waals surface area contributed by atoms with Gasteiger partial charge in [-0.2, -0.15) is 0 Å². The van der Waals surface area contributed by atoms with Crippen molar-refractivity contribution in [1.29, 1.82) is 0 Å². The number of imidazole rings is 1. The van der Waals surface area contributed by atoms with Gasteiger partial charge in [-0.1, -0.05) is 60.1 Å². The molecule has 0 spiro atoms. The minimum Gasteiger partial charge on any atom is -0.496 e. The normalized spacial score (nSPS) is 11.1. The van der Waals surface area contributed by atoms with Crippen molar-refractivity contribution >= 4 is 22.6 Å². The summed E-state index contributed by atoms with van der Waals surface area (Å²) in [5.74, 6) is 1.87. The summed E-state index contributed by atoms with van der Waals surface area (Å²) in [4.78, 5) is 4.83. The monoisotopic (exact) mass is 391 g/mol. The third-order valence-corrected chi connectivity index (χ3v) is 5.00. The van der Waals surface area contributed by atoms with Gasteiger partial charge < -0.3 is 14.6 Å². The number of methoxy groups -OCH3 is 1. The molecule has 0 atom stereocenters. The van der Waals surface area contributed by atoms with Crippen LogP contribution in [-0.2, 0) is 19.6 Å². The summed E-state index contributed by atoms with van der Waals surface area (Å²) in [5, 5.41) is 4.22. The van der Waals surface area contributed by atoms with Crippen LogP contribution in [0.5, 0.6) is 5.75 Å². The van der Waals surface area contributed by atoms with E-state index in [0.29, 0.717) is 13.1 Å². The van der Waals surface area contributed by atoms with E-state index in [1.807, 2.05) is 42.5 Å². The van der Waals surface area contributed by atoms with Gasteiger partial charge in [-0.3, -0.25) is 0 Å². The number of aromatic nitrogens is 2. The Balaban J connectivity index is 1.59. The fourth-order valence-electron chi connectivity index (χ4n) is 3.38. The lowest BCUT2D eigenvalue weighted by atomic mass is 10.2. The summed E-state index contributed by atoms with van der Waals surface area (Å²) < 4.78 is 7.66. The second-order valence-corrected chi connectivity index (χ2v) is 7.08. The predicted octanol–water partition coefficient (Wildman–Crippen LogP) is 5.04. The number of ether oxygens (including phenoxy) is 1. The SMILES string of the molecule is COc1ccccc1CNCc1nc2ccc(Cl)cc2n1Cc1ccccc1. The number of nitrogens with zero attached hydrogens (tertiary/aromatic N) is 2. The Morgan fingerprint density at radius 2 is 1.75 bits per heavy atom. The van der Waals surface area contributed by atoms with Crippen LogP contribution in [0.3, 0.4) is 0 Å². The van der Waals surface area contributed by atoms with Gasteiger partial charge in [0.25, 0.3) is 0 Å². The maximum absolute atomic E-state index is 6.25. The Bertz CT molecular complexity index is 1080. The highest BCUT2D eigenvalue weighted by atomic mass is 35.5. The molecule has 0 saturated carbocycles. The predicted molar refractivity (Wildman–Crippen MR) is 114 cm³/mol. The van der Waals surface area contributed by atoms with Gasteiger partial charge in [0.2, 0.25) is 0 Å². The summed E-state index contributed by atoms with van der Waals surface area (Å²) in [6, 6.07) is 24.3. The second-order valence-electron chi connectivity index (χ2n) is 6.65.